The second-order valence-electron chi connectivity index (χ2n) is 5.02. The summed E-state index contributed by atoms with van der Waals surface area (Å²) in [7, 11) is 0. The molecule has 2 fully saturated rings. The number of morpholine rings is 1. The number of nitrogens with zero attached hydrogens (tertiary/aromatic N) is 3. The van der Waals surface area contributed by atoms with E-state index in [4.69, 9.17) is 9.84 Å². The number of aromatic nitrogens is 2. The fourth-order valence-corrected chi connectivity index (χ4v) is 2.96. The van der Waals surface area contributed by atoms with Gasteiger partial charge in [-0.1, -0.05) is 12.8 Å². The summed E-state index contributed by atoms with van der Waals surface area (Å²) < 4.78 is 5.81. The van der Waals surface area contributed by atoms with Gasteiger partial charge < -0.3 is 14.7 Å². The van der Waals surface area contributed by atoms with Crippen LogP contribution in [-0.4, -0.2) is 46.3 Å². The van der Waals surface area contributed by atoms with Crippen molar-refractivity contribution in [1.82, 2.24) is 9.97 Å². The van der Waals surface area contributed by atoms with Crippen LogP contribution in [-0.2, 0) is 4.74 Å². The molecule has 0 aromatic carbocycles. The fourth-order valence-electron chi connectivity index (χ4n) is 2.96. The van der Waals surface area contributed by atoms with Crippen LogP contribution in [0.25, 0.3) is 0 Å². The van der Waals surface area contributed by atoms with Crippen molar-refractivity contribution >= 4 is 11.8 Å². The van der Waals surface area contributed by atoms with E-state index < -0.39 is 5.97 Å². The molecule has 0 radical (unpaired) electrons. The Bertz CT molecular complexity index is 461. The second kappa shape index (κ2) is 5.13. The highest BCUT2D eigenvalue weighted by atomic mass is 16.5. The zero-order valence-corrected chi connectivity index (χ0v) is 10.7. The van der Waals surface area contributed by atoms with E-state index in [0.29, 0.717) is 12.6 Å². The summed E-state index contributed by atoms with van der Waals surface area (Å²) >= 11 is 0. The smallest absolute Gasteiger partial charge is 0.356 e. The van der Waals surface area contributed by atoms with E-state index in [1.54, 1.807) is 6.20 Å². The van der Waals surface area contributed by atoms with E-state index in [-0.39, 0.29) is 11.8 Å². The van der Waals surface area contributed by atoms with Gasteiger partial charge in [0.15, 0.2) is 5.69 Å². The number of ether oxygens (including phenoxy) is 1. The van der Waals surface area contributed by atoms with Gasteiger partial charge in [-0.15, -0.1) is 0 Å². The Morgan fingerprint density at radius 1 is 1.32 bits per heavy atom. The van der Waals surface area contributed by atoms with Gasteiger partial charge in [0.2, 0.25) is 0 Å². The van der Waals surface area contributed by atoms with Gasteiger partial charge in [-0.25, -0.2) is 14.8 Å². The summed E-state index contributed by atoms with van der Waals surface area (Å²) in [6.45, 7) is 1.49. The van der Waals surface area contributed by atoms with E-state index in [1.165, 1.54) is 19.0 Å². The highest BCUT2D eigenvalue weighted by Crippen LogP contribution is 2.30. The molecule has 2 atom stereocenters. The Morgan fingerprint density at radius 3 is 2.89 bits per heavy atom. The molecule has 1 aliphatic heterocycles. The van der Waals surface area contributed by atoms with Gasteiger partial charge in [-0.2, -0.15) is 0 Å². The standard InChI is InChI=1S/C13H17N3O3/c17-13(18)9-7-15-12(8-14-9)16-5-6-19-11-4-2-1-3-10(11)16/h7-8,10-11H,1-6H2,(H,17,18). The van der Waals surface area contributed by atoms with Crippen molar-refractivity contribution in [3.63, 3.8) is 0 Å². The Balaban J connectivity index is 1.81. The van der Waals surface area contributed by atoms with Gasteiger partial charge in [0, 0.05) is 6.54 Å². The summed E-state index contributed by atoms with van der Waals surface area (Å²) in [5.41, 5.74) is -0.0165. The minimum absolute atomic E-state index is 0.0165. The molecule has 102 valence electrons. The van der Waals surface area contributed by atoms with Crippen LogP contribution in [0.15, 0.2) is 12.4 Å². The maximum absolute atomic E-state index is 10.8. The molecule has 6 heteroatoms. The molecule has 2 heterocycles. The molecule has 1 aliphatic carbocycles. The highest BCUT2D eigenvalue weighted by Gasteiger charge is 2.34. The van der Waals surface area contributed by atoms with Crippen molar-refractivity contribution in [2.45, 2.75) is 37.8 Å². The lowest BCUT2D eigenvalue weighted by atomic mass is 9.90. The van der Waals surface area contributed by atoms with Crippen LogP contribution in [0.5, 0.6) is 0 Å². The van der Waals surface area contributed by atoms with Gasteiger partial charge in [0.1, 0.15) is 5.82 Å². The molecule has 19 heavy (non-hydrogen) atoms. The van der Waals surface area contributed by atoms with Crippen LogP contribution in [0, 0.1) is 0 Å². The lowest BCUT2D eigenvalue weighted by Gasteiger charge is -2.44. The first-order valence-corrected chi connectivity index (χ1v) is 6.69. The summed E-state index contributed by atoms with van der Waals surface area (Å²) in [5.74, 6) is -0.290. The molecular formula is C13H17N3O3. The molecule has 1 saturated heterocycles. The van der Waals surface area contributed by atoms with E-state index >= 15 is 0 Å². The highest BCUT2D eigenvalue weighted by molar-refractivity contribution is 5.84. The van der Waals surface area contributed by atoms with Gasteiger partial charge >= 0.3 is 5.97 Å². The zero-order valence-electron chi connectivity index (χ0n) is 10.7. The minimum atomic E-state index is -1.04. The van der Waals surface area contributed by atoms with Gasteiger partial charge in [-0.05, 0) is 12.8 Å². The maximum atomic E-state index is 10.8. The number of carboxylic acids is 1. The largest absolute Gasteiger partial charge is 0.476 e. The SMILES string of the molecule is O=C(O)c1cnc(N2CCOC3CCCCC32)cn1. The second-order valence-corrected chi connectivity index (χ2v) is 5.02. The maximum Gasteiger partial charge on any atom is 0.356 e. The number of rotatable bonds is 2. The van der Waals surface area contributed by atoms with Gasteiger partial charge in [0.25, 0.3) is 0 Å². The number of anilines is 1. The minimum Gasteiger partial charge on any atom is -0.476 e. The van der Waals surface area contributed by atoms with Crippen molar-refractivity contribution in [2.75, 3.05) is 18.1 Å². The normalized spacial score (nSPS) is 26.8. The third kappa shape index (κ3) is 2.40. The molecule has 2 unspecified atom stereocenters. The lowest BCUT2D eigenvalue weighted by Crippen LogP contribution is -2.53. The predicted octanol–water partition coefficient (Wildman–Crippen LogP) is 1.32. The number of carboxylic acid groups (broad SMARTS) is 1. The third-order valence-corrected chi connectivity index (χ3v) is 3.88. The monoisotopic (exact) mass is 263 g/mol. The van der Waals surface area contributed by atoms with E-state index in [9.17, 15) is 4.79 Å². The van der Waals surface area contributed by atoms with Crippen molar-refractivity contribution in [1.29, 1.82) is 0 Å². The molecule has 0 bridgehead atoms. The van der Waals surface area contributed by atoms with Crippen molar-refractivity contribution in [2.24, 2.45) is 0 Å². The van der Waals surface area contributed by atoms with Gasteiger partial charge in [-0.3, -0.25) is 0 Å². The van der Waals surface area contributed by atoms with Gasteiger partial charge in [0.05, 0.1) is 31.1 Å². The first kappa shape index (κ1) is 12.3. The van der Waals surface area contributed by atoms with E-state index in [1.807, 2.05) is 0 Å². The Kier molecular flexibility index (Phi) is 3.33. The van der Waals surface area contributed by atoms with Crippen LogP contribution < -0.4 is 4.90 Å². The van der Waals surface area contributed by atoms with Crippen LogP contribution >= 0.6 is 0 Å². The molecule has 1 saturated carbocycles. The van der Waals surface area contributed by atoms with Crippen LogP contribution in [0.3, 0.4) is 0 Å². The summed E-state index contributed by atoms with van der Waals surface area (Å²) in [5, 5.41) is 8.84. The molecule has 0 amide bonds. The fraction of sp³-hybridized carbons (Fsp3) is 0.615. The molecule has 1 aromatic heterocycles. The molecular weight excluding hydrogens is 246 g/mol. The molecule has 6 nitrogen and oxygen atoms in total. The molecule has 1 N–H and O–H groups in total. The number of fused-ring (bicyclic) bond motifs is 1. The first-order valence-electron chi connectivity index (χ1n) is 6.69. The molecule has 2 aliphatic rings. The van der Waals surface area contributed by atoms with E-state index in [0.717, 1.165) is 25.2 Å². The Morgan fingerprint density at radius 2 is 2.16 bits per heavy atom. The quantitative estimate of drug-likeness (QED) is 0.867. The van der Waals surface area contributed by atoms with E-state index in [2.05, 4.69) is 14.9 Å². The first-order chi connectivity index (χ1) is 9.25. The summed E-state index contributed by atoms with van der Waals surface area (Å²) in [6, 6.07) is 0.354. The number of aromatic carboxylic acids is 1. The van der Waals surface area contributed by atoms with Crippen LogP contribution in [0.2, 0.25) is 0 Å². The number of hydrogen-bond acceptors (Lipinski definition) is 5. The number of carbonyl (C=O) groups is 1. The van der Waals surface area contributed by atoms with Crippen LogP contribution in [0.4, 0.5) is 5.82 Å². The predicted molar refractivity (Wildman–Crippen MR) is 68.3 cm³/mol. The Hall–Kier alpha value is -1.69. The van der Waals surface area contributed by atoms with Crippen LogP contribution in [0.1, 0.15) is 36.2 Å². The average Bonchev–Trinajstić information content (AvgIpc) is 2.47. The zero-order chi connectivity index (χ0) is 13.2. The van der Waals surface area contributed by atoms with Crippen molar-refractivity contribution in [3.05, 3.63) is 18.1 Å². The van der Waals surface area contributed by atoms with Crippen molar-refractivity contribution in [3.8, 4) is 0 Å². The topological polar surface area (TPSA) is 75.5 Å². The lowest BCUT2D eigenvalue weighted by molar-refractivity contribution is -0.00902. The Labute approximate surface area is 111 Å². The van der Waals surface area contributed by atoms with Crippen molar-refractivity contribution < 1.29 is 14.6 Å². The summed E-state index contributed by atoms with van der Waals surface area (Å²) in [6.07, 6.45) is 7.80. The third-order valence-electron chi connectivity index (χ3n) is 3.88. The summed E-state index contributed by atoms with van der Waals surface area (Å²) in [4.78, 5) is 21.2. The molecule has 3 rings (SSSR count). The molecule has 1 aromatic rings. The molecule has 0 spiro atoms. The average molecular weight is 263 g/mol. The number of hydrogen-bond donors (Lipinski definition) is 1.